The fourth-order valence-electron chi connectivity index (χ4n) is 2.04. The second kappa shape index (κ2) is 3.18. The molecule has 4 nitrogen and oxygen atoms in total. The summed E-state index contributed by atoms with van der Waals surface area (Å²) in [4.78, 5) is 14.7. The third kappa shape index (κ3) is 1.77. The van der Waals surface area contributed by atoms with Crippen LogP contribution >= 0.6 is 0 Å². The first-order chi connectivity index (χ1) is 6.18. The molecule has 2 fully saturated rings. The predicted molar refractivity (Wildman–Crippen MR) is 48.8 cm³/mol. The number of carbonyl (C=O) groups is 1. The number of hydrogen-bond acceptors (Lipinski definition) is 2. The van der Waals surface area contributed by atoms with E-state index in [1.165, 1.54) is 12.8 Å². The van der Waals surface area contributed by atoms with E-state index in [4.69, 9.17) is 5.11 Å². The highest BCUT2D eigenvalue weighted by Gasteiger charge is 2.35. The summed E-state index contributed by atoms with van der Waals surface area (Å²) in [5.41, 5.74) is 0. The minimum Gasteiger partial charge on any atom is -0.465 e. The van der Waals surface area contributed by atoms with Crippen molar-refractivity contribution < 1.29 is 9.90 Å². The molecule has 74 valence electrons. The van der Waals surface area contributed by atoms with Crippen LogP contribution in [0.3, 0.4) is 0 Å². The van der Waals surface area contributed by atoms with E-state index in [2.05, 4.69) is 4.90 Å². The molecule has 1 aliphatic carbocycles. The summed E-state index contributed by atoms with van der Waals surface area (Å²) in [6.07, 6.45) is 1.84. The van der Waals surface area contributed by atoms with Gasteiger partial charge in [0.1, 0.15) is 0 Å². The Morgan fingerprint density at radius 3 is 2.54 bits per heavy atom. The van der Waals surface area contributed by atoms with E-state index >= 15 is 0 Å². The van der Waals surface area contributed by atoms with Gasteiger partial charge in [0.05, 0.1) is 0 Å². The van der Waals surface area contributed by atoms with Gasteiger partial charge in [-0.1, -0.05) is 0 Å². The summed E-state index contributed by atoms with van der Waals surface area (Å²) in [6, 6.07) is 0.922. The SMILES string of the molecule is C[C@H]1CN(C2CC2)CCN1C(=O)O. The number of carboxylic acid groups (broad SMARTS) is 1. The molecule has 4 heteroatoms. The van der Waals surface area contributed by atoms with Gasteiger partial charge in [0.25, 0.3) is 0 Å². The van der Waals surface area contributed by atoms with Gasteiger partial charge >= 0.3 is 6.09 Å². The Hall–Kier alpha value is -0.770. The van der Waals surface area contributed by atoms with Crippen LogP contribution in [-0.4, -0.2) is 52.7 Å². The zero-order chi connectivity index (χ0) is 9.42. The van der Waals surface area contributed by atoms with E-state index in [0.29, 0.717) is 6.54 Å². The van der Waals surface area contributed by atoms with E-state index in [1.54, 1.807) is 4.90 Å². The second-order valence-corrected chi connectivity index (χ2v) is 4.05. The molecule has 1 heterocycles. The molecule has 1 N–H and O–H groups in total. The summed E-state index contributed by atoms with van der Waals surface area (Å²) in [5.74, 6) is 0. The fraction of sp³-hybridized carbons (Fsp3) is 0.889. The van der Waals surface area contributed by atoms with Crippen molar-refractivity contribution >= 4 is 6.09 Å². The molecule has 0 radical (unpaired) electrons. The van der Waals surface area contributed by atoms with Crippen molar-refractivity contribution in [2.24, 2.45) is 0 Å². The molecule has 1 atom stereocenters. The van der Waals surface area contributed by atoms with Gasteiger partial charge < -0.3 is 10.0 Å². The van der Waals surface area contributed by atoms with Gasteiger partial charge in [0.15, 0.2) is 0 Å². The van der Waals surface area contributed by atoms with E-state index in [1.807, 2.05) is 6.92 Å². The Bertz CT molecular complexity index is 216. The number of hydrogen-bond donors (Lipinski definition) is 1. The maximum atomic E-state index is 10.8. The molecule has 0 bridgehead atoms. The Labute approximate surface area is 78.1 Å². The third-order valence-corrected chi connectivity index (χ3v) is 2.97. The van der Waals surface area contributed by atoms with Crippen molar-refractivity contribution in [3.05, 3.63) is 0 Å². The number of nitrogens with zero attached hydrogens (tertiary/aromatic N) is 2. The summed E-state index contributed by atoms with van der Waals surface area (Å²) >= 11 is 0. The summed E-state index contributed by atoms with van der Waals surface area (Å²) in [6.45, 7) is 4.49. The molecule has 1 saturated carbocycles. The van der Waals surface area contributed by atoms with Crippen LogP contribution in [0.5, 0.6) is 0 Å². The monoisotopic (exact) mass is 184 g/mol. The average molecular weight is 184 g/mol. The topological polar surface area (TPSA) is 43.8 Å². The molecule has 13 heavy (non-hydrogen) atoms. The molecule has 2 aliphatic rings. The molecule has 1 aliphatic heterocycles. The van der Waals surface area contributed by atoms with Crippen molar-refractivity contribution in [3.8, 4) is 0 Å². The van der Waals surface area contributed by atoms with Crippen LogP contribution in [0.4, 0.5) is 4.79 Å². The number of amides is 1. The van der Waals surface area contributed by atoms with E-state index < -0.39 is 6.09 Å². The molecule has 0 unspecified atom stereocenters. The van der Waals surface area contributed by atoms with Gasteiger partial charge in [-0.25, -0.2) is 4.79 Å². The van der Waals surface area contributed by atoms with Crippen LogP contribution in [0, 0.1) is 0 Å². The van der Waals surface area contributed by atoms with E-state index in [9.17, 15) is 4.79 Å². The van der Waals surface area contributed by atoms with Crippen LogP contribution in [0.25, 0.3) is 0 Å². The number of rotatable bonds is 1. The highest BCUT2D eigenvalue weighted by atomic mass is 16.4. The van der Waals surface area contributed by atoms with Crippen molar-refractivity contribution in [3.63, 3.8) is 0 Å². The highest BCUT2D eigenvalue weighted by molar-refractivity contribution is 5.65. The molecule has 1 saturated heterocycles. The summed E-state index contributed by atoms with van der Waals surface area (Å²) in [5, 5.41) is 8.86. The lowest BCUT2D eigenvalue weighted by Gasteiger charge is -2.38. The Morgan fingerprint density at radius 1 is 1.38 bits per heavy atom. The van der Waals surface area contributed by atoms with Gasteiger partial charge in [0.2, 0.25) is 0 Å². The molecule has 0 aromatic heterocycles. The second-order valence-electron chi connectivity index (χ2n) is 4.05. The molecule has 2 rings (SSSR count). The lowest BCUT2D eigenvalue weighted by molar-refractivity contribution is 0.0708. The Kier molecular flexibility index (Phi) is 2.15. The Balaban J connectivity index is 1.90. The molecule has 0 aromatic carbocycles. The van der Waals surface area contributed by atoms with Gasteiger partial charge in [0, 0.05) is 31.7 Å². The summed E-state index contributed by atoms with van der Waals surface area (Å²) < 4.78 is 0. The van der Waals surface area contributed by atoms with Crippen LogP contribution in [0.15, 0.2) is 0 Å². The molecule has 0 spiro atoms. The maximum Gasteiger partial charge on any atom is 0.407 e. The van der Waals surface area contributed by atoms with Crippen molar-refractivity contribution in [2.45, 2.75) is 31.8 Å². The zero-order valence-corrected chi connectivity index (χ0v) is 7.94. The lowest BCUT2D eigenvalue weighted by atomic mass is 10.2. The largest absolute Gasteiger partial charge is 0.465 e. The smallest absolute Gasteiger partial charge is 0.407 e. The third-order valence-electron chi connectivity index (χ3n) is 2.97. The van der Waals surface area contributed by atoms with Crippen molar-refractivity contribution in [1.29, 1.82) is 0 Å². The maximum absolute atomic E-state index is 10.8. The molecule has 1 amide bonds. The first kappa shape index (κ1) is 8.81. The fourth-order valence-corrected chi connectivity index (χ4v) is 2.04. The number of piperazine rings is 1. The Morgan fingerprint density at radius 2 is 2.08 bits per heavy atom. The van der Waals surface area contributed by atoms with Crippen LogP contribution < -0.4 is 0 Å². The van der Waals surface area contributed by atoms with Gasteiger partial charge in [-0.05, 0) is 19.8 Å². The average Bonchev–Trinajstić information content (AvgIpc) is 2.85. The van der Waals surface area contributed by atoms with E-state index in [-0.39, 0.29) is 6.04 Å². The quantitative estimate of drug-likeness (QED) is 0.656. The lowest BCUT2D eigenvalue weighted by Crippen LogP contribution is -2.54. The summed E-state index contributed by atoms with van der Waals surface area (Å²) in [7, 11) is 0. The zero-order valence-electron chi connectivity index (χ0n) is 7.94. The molecular weight excluding hydrogens is 168 g/mol. The highest BCUT2D eigenvalue weighted by Crippen LogP contribution is 2.28. The first-order valence-corrected chi connectivity index (χ1v) is 4.92. The minimum atomic E-state index is -0.775. The van der Waals surface area contributed by atoms with Gasteiger partial charge in [-0.2, -0.15) is 0 Å². The molecule has 0 aromatic rings. The van der Waals surface area contributed by atoms with Gasteiger partial charge in [-0.3, -0.25) is 4.90 Å². The molecular formula is C9H16N2O2. The standard InChI is InChI=1S/C9H16N2O2/c1-7-6-10(8-2-3-8)4-5-11(7)9(12)13/h7-8H,2-6H2,1H3,(H,12,13)/t7-/m0/s1. The normalized spacial score (nSPS) is 30.5. The van der Waals surface area contributed by atoms with Crippen LogP contribution in [0.1, 0.15) is 19.8 Å². The predicted octanol–water partition coefficient (Wildman–Crippen LogP) is 0.833. The minimum absolute atomic E-state index is 0.159. The van der Waals surface area contributed by atoms with Crippen molar-refractivity contribution in [2.75, 3.05) is 19.6 Å². The van der Waals surface area contributed by atoms with Gasteiger partial charge in [-0.15, -0.1) is 0 Å². The van der Waals surface area contributed by atoms with Crippen molar-refractivity contribution in [1.82, 2.24) is 9.80 Å². The first-order valence-electron chi connectivity index (χ1n) is 4.92. The van der Waals surface area contributed by atoms with E-state index in [0.717, 1.165) is 19.1 Å². The van der Waals surface area contributed by atoms with Crippen LogP contribution in [-0.2, 0) is 0 Å². The van der Waals surface area contributed by atoms with Crippen LogP contribution in [0.2, 0.25) is 0 Å².